The number of carbonyl (C=O) groups excluding carboxylic acids is 2. The predicted molar refractivity (Wildman–Crippen MR) is 83.0 cm³/mol. The minimum absolute atomic E-state index is 0.281. The van der Waals surface area contributed by atoms with Crippen molar-refractivity contribution in [3.63, 3.8) is 0 Å². The van der Waals surface area contributed by atoms with Gasteiger partial charge in [-0.05, 0) is 49.7 Å². The molecule has 21 heavy (non-hydrogen) atoms. The molecule has 0 aliphatic rings. The molecule has 0 atom stereocenters. The van der Waals surface area contributed by atoms with Crippen molar-refractivity contribution in [1.82, 2.24) is 4.68 Å². The second-order valence-electron chi connectivity index (χ2n) is 4.44. The van der Waals surface area contributed by atoms with Crippen LogP contribution < -0.4 is 5.43 Å². The molecule has 1 N–H and O–H groups in total. The zero-order chi connectivity index (χ0) is 15.4. The second-order valence-corrected chi connectivity index (χ2v) is 5.36. The molecular formula is C15H15BrN2O3. The maximum absolute atomic E-state index is 12.2. The third kappa shape index (κ3) is 3.72. The highest BCUT2D eigenvalue weighted by molar-refractivity contribution is 9.10. The molecule has 0 aliphatic heterocycles. The van der Waals surface area contributed by atoms with E-state index in [1.54, 1.807) is 43.5 Å². The zero-order valence-corrected chi connectivity index (χ0v) is 13.3. The van der Waals surface area contributed by atoms with Crippen molar-refractivity contribution in [2.45, 2.75) is 13.8 Å². The van der Waals surface area contributed by atoms with Gasteiger partial charge >= 0.3 is 5.97 Å². The van der Waals surface area contributed by atoms with Gasteiger partial charge in [0.15, 0.2) is 0 Å². The van der Waals surface area contributed by atoms with E-state index in [1.165, 1.54) is 4.68 Å². The summed E-state index contributed by atoms with van der Waals surface area (Å²) in [6.45, 7) is 3.85. The summed E-state index contributed by atoms with van der Waals surface area (Å²) in [5, 5.41) is 0. The van der Waals surface area contributed by atoms with E-state index in [0.29, 0.717) is 11.3 Å². The van der Waals surface area contributed by atoms with Gasteiger partial charge in [0.05, 0.1) is 6.61 Å². The Morgan fingerprint density at radius 1 is 1.29 bits per heavy atom. The number of benzene rings is 1. The summed E-state index contributed by atoms with van der Waals surface area (Å²) in [5.74, 6) is -0.773. The maximum Gasteiger partial charge on any atom is 0.356 e. The van der Waals surface area contributed by atoms with E-state index in [1.807, 2.05) is 6.92 Å². The average Bonchev–Trinajstić information content (AvgIpc) is 2.80. The molecule has 1 heterocycles. The van der Waals surface area contributed by atoms with E-state index in [4.69, 9.17) is 4.74 Å². The number of aryl methyl sites for hydroxylation is 1. The van der Waals surface area contributed by atoms with Crippen LogP contribution in [0.5, 0.6) is 0 Å². The summed E-state index contributed by atoms with van der Waals surface area (Å²) in [7, 11) is 0. The fourth-order valence-corrected chi connectivity index (χ4v) is 2.09. The fraction of sp³-hybridized carbons (Fsp3) is 0.200. The zero-order valence-electron chi connectivity index (χ0n) is 11.7. The highest BCUT2D eigenvalue weighted by atomic mass is 79.9. The van der Waals surface area contributed by atoms with Crippen LogP contribution in [0.4, 0.5) is 0 Å². The molecule has 0 unspecified atom stereocenters. The largest absolute Gasteiger partial charge is 0.461 e. The van der Waals surface area contributed by atoms with Crippen LogP contribution in [0, 0.1) is 6.92 Å². The van der Waals surface area contributed by atoms with E-state index in [-0.39, 0.29) is 12.5 Å². The lowest BCUT2D eigenvalue weighted by molar-refractivity contribution is 0.0516. The van der Waals surface area contributed by atoms with Gasteiger partial charge in [0, 0.05) is 16.2 Å². The van der Waals surface area contributed by atoms with Crippen molar-refractivity contribution in [2.24, 2.45) is 0 Å². The molecule has 0 radical (unpaired) electrons. The smallest absolute Gasteiger partial charge is 0.356 e. The number of carbonyl (C=O) groups is 2. The Bertz CT molecular complexity index is 662. The molecule has 0 fully saturated rings. The molecule has 110 valence electrons. The van der Waals surface area contributed by atoms with Crippen LogP contribution in [0.3, 0.4) is 0 Å². The number of halogens is 1. The number of nitrogens with one attached hydrogen (secondary N) is 1. The number of aromatic nitrogens is 1. The minimum atomic E-state index is -0.471. The number of esters is 1. The molecule has 2 aromatic rings. The van der Waals surface area contributed by atoms with Crippen LogP contribution in [0.25, 0.3) is 0 Å². The summed E-state index contributed by atoms with van der Waals surface area (Å²) in [6.07, 6.45) is 1.67. The molecule has 6 heteroatoms. The summed E-state index contributed by atoms with van der Waals surface area (Å²) in [6, 6.07) is 8.61. The van der Waals surface area contributed by atoms with Crippen LogP contribution in [-0.4, -0.2) is 23.2 Å². The first-order chi connectivity index (χ1) is 10.0. The Balaban J connectivity index is 2.21. The van der Waals surface area contributed by atoms with Gasteiger partial charge in [0.1, 0.15) is 5.69 Å². The Morgan fingerprint density at radius 3 is 2.57 bits per heavy atom. The predicted octanol–water partition coefficient (Wildman–Crippen LogP) is 3.12. The topological polar surface area (TPSA) is 60.3 Å². The number of rotatable bonds is 4. The molecule has 1 aromatic carbocycles. The first-order valence-electron chi connectivity index (χ1n) is 6.44. The van der Waals surface area contributed by atoms with Gasteiger partial charge in [0.25, 0.3) is 5.91 Å². The van der Waals surface area contributed by atoms with E-state index in [2.05, 4.69) is 21.4 Å². The summed E-state index contributed by atoms with van der Waals surface area (Å²) in [5.41, 5.74) is 4.31. The molecule has 0 aliphatic carbocycles. The van der Waals surface area contributed by atoms with Gasteiger partial charge in [-0.3, -0.25) is 14.9 Å². The molecule has 2 rings (SSSR count). The highest BCUT2D eigenvalue weighted by Gasteiger charge is 2.16. The normalized spacial score (nSPS) is 10.2. The number of hydrogen-bond donors (Lipinski definition) is 1. The lowest BCUT2D eigenvalue weighted by Gasteiger charge is -2.10. The van der Waals surface area contributed by atoms with E-state index >= 15 is 0 Å². The Hall–Kier alpha value is -2.08. The Morgan fingerprint density at radius 2 is 1.95 bits per heavy atom. The molecular weight excluding hydrogens is 336 g/mol. The number of hydrogen-bond acceptors (Lipinski definition) is 3. The molecule has 0 saturated heterocycles. The van der Waals surface area contributed by atoms with E-state index in [0.717, 1.165) is 10.0 Å². The molecule has 5 nitrogen and oxygen atoms in total. The minimum Gasteiger partial charge on any atom is -0.461 e. The monoisotopic (exact) mass is 350 g/mol. The van der Waals surface area contributed by atoms with Gasteiger partial charge in [-0.25, -0.2) is 4.79 Å². The van der Waals surface area contributed by atoms with Crippen molar-refractivity contribution < 1.29 is 14.3 Å². The molecule has 0 spiro atoms. The van der Waals surface area contributed by atoms with Crippen LogP contribution >= 0.6 is 15.9 Å². The Kier molecular flexibility index (Phi) is 4.80. The molecule has 0 saturated carbocycles. The van der Waals surface area contributed by atoms with Gasteiger partial charge in [0.2, 0.25) is 0 Å². The molecule has 1 amide bonds. The van der Waals surface area contributed by atoms with Crippen molar-refractivity contribution in [1.29, 1.82) is 0 Å². The highest BCUT2D eigenvalue weighted by Crippen LogP contribution is 2.12. The SMILES string of the molecule is CCOC(=O)c1cc(C)cn1NC(=O)c1ccc(Br)cc1. The van der Waals surface area contributed by atoms with Crippen molar-refractivity contribution in [2.75, 3.05) is 12.0 Å². The lowest BCUT2D eigenvalue weighted by atomic mass is 10.2. The first kappa shape index (κ1) is 15.3. The summed E-state index contributed by atoms with van der Waals surface area (Å²) >= 11 is 3.31. The quantitative estimate of drug-likeness (QED) is 0.861. The van der Waals surface area contributed by atoms with E-state index in [9.17, 15) is 9.59 Å². The number of amides is 1. The lowest BCUT2D eigenvalue weighted by Crippen LogP contribution is -2.26. The van der Waals surface area contributed by atoms with Crippen LogP contribution in [0.1, 0.15) is 33.3 Å². The van der Waals surface area contributed by atoms with Gasteiger partial charge in [-0.1, -0.05) is 15.9 Å². The third-order valence-electron chi connectivity index (χ3n) is 2.77. The van der Waals surface area contributed by atoms with Crippen LogP contribution in [0.2, 0.25) is 0 Å². The standard InChI is InChI=1S/C15H15BrN2O3/c1-3-21-15(20)13-8-10(2)9-18(13)17-14(19)11-4-6-12(16)7-5-11/h4-9H,3H2,1-2H3,(H,17,19). The molecule has 0 bridgehead atoms. The Labute approximate surface area is 131 Å². The van der Waals surface area contributed by atoms with Gasteiger partial charge in [-0.2, -0.15) is 0 Å². The van der Waals surface area contributed by atoms with Crippen molar-refractivity contribution in [3.8, 4) is 0 Å². The number of nitrogens with zero attached hydrogens (tertiary/aromatic N) is 1. The first-order valence-corrected chi connectivity index (χ1v) is 7.23. The summed E-state index contributed by atoms with van der Waals surface area (Å²) < 4.78 is 7.25. The average molecular weight is 351 g/mol. The molecule has 1 aromatic heterocycles. The van der Waals surface area contributed by atoms with Gasteiger partial charge < -0.3 is 4.74 Å². The van der Waals surface area contributed by atoms with E-state index < -0.39 is 5.97 Å². The van der Waals surface area contributed by atoms with Crippen molar-refractivity contribution >= 4 is 27.8 Å². The summed E-state index contributed by atoms with van der Waals surface area (Å²) in [4.78, 5) is 24.0. The van der Waals surface area contributed by atoms with Crippen LogP contribution in [0.15, 0.2) is 41.0 Å². The fourth-order valence-electron chi connectivity index (χ4n) is 1.83. The second kappa shape index (κ2) is 6.58. The van der Waals surface area contributed by atoms with Gasteiger partial charge in [-0.15, -0.1) is 0 Å². The third-order valence-corrected chi connectivity index (χ3v) is 3.30. The van der Waals surface area contributed by atoms with Crippen molar-refractivity contribution in [3.05, 3.63) is 57.8 Å². The van der Waals surface area contributed by atoms with Crippen LogP contribution in [-0.2, 0) is 4.74 Å². The maximum atomic E-state index is 12.2. The number of ether oxygens (including phenoxy) is 1.